The van der Waals surface area contributed by atoms with Gasteiger partial charge in [0.25, 0.3) is 0 Å². The lowest BCUT2D eigenvalue weighted by molar-refractivity contribution is -0.254. The van der Waals surface area contributed by atoms with Crippen LogP contribution in [-0.4, -0.2) is 137 Å². The summed E-state index contributed by atoms with van der Waals surface area (Å²) in [5.41, 5.74) is -2.34. The highest BCUT2D eigenvalue weighted by Gasteiger charge is 2.80. The number of methoxy groups -OCH3 is 1. The van der Waals surface area contributed by atoms with Crippen molar-refractivity contribution < 1.29 is 73.7 Å². The molecule has 5 rings (SSSR count). The van der Waals surface area contributed by atoms with Crippen LogP contribution >= 0.6 is 22.7 Å². The molecule has 2 heterocycles. The molecule has 18 heteroatoms. The second-order valence-electron chi connectivity index (χ2n) is 14.2. The van der Waals surface area contributed by atoms with Crippen LogP contribution in [0.1, 0.15) is 27.8 Å². The fourth-order valence-electron chi connectivity index (χ4n) is 6.53. The summed E-state index contributed by atoms with van der Waals surface area (Å²) in [6.45, 7) is 12.0. The fraction of sp³-hybridized carbons (Fsp3) is 0.522. The SMILES string of the molecule is CCOCCOCCOCCOCCOc1ccc(-c2cc(C3=C(c4cc(-c5ccc(OCCOCCOCCOCCOC)cc5)sc4C)C(F)(F)C(F)(F)C3(F)F)c(C)s2)cc1. The molecule has 1 aliphatic rings. The Morgan fingerprint density at radius 1 is 0.438 bits per heavy atom. The number of aryl methyl sites for hydroxylation is 2. The van der Waals surface area contributed by atoms with Crippen LogP contribution in [-0.2, 0) is 37.9 Å². The molecule has 0 spiro atoms. The minimum atomic E-state index is -5.68. The third-order valence-electron chi connectivity index (χ3n) is 9.81. The van der Waals surface area contributed by atoms with E-state index in [-0.39, 0.29) is 34.1 Å². The van der Waals surface area contributed by atoms with Crippen LogP contribution < -0.4 is 9.47 Å². The number of rotatable bonds is 31. The number of halogens is 6. The average Bonchev–Trinajstić information content (AvgIpc) is 3.88. The molecule has 1 aliphatic carbocycles. The van der Waals surface area contributed by atoms with E-state index in [0.717, 1.165) is 22.7 Å². The summed E-state index contributed by atoms with van der Waals surface area (Å²) in [5, 5.41) is 0. The van der Waals surface area contributed by atoms with Crippen LogP contribution in [0.2, 0.25) is 0 Å². The monoisotopic (exact) mass is 946 g/mol. The standard InChI is InChI=1S/C46H56F6O10S2/c1-5-54-16-17-56-20-21-58-23-25-60-27-29-62-37-12-8-35(9-13-37)41-31-39(33(3)64-41)43-42(44(47,48)46(51,52)45(43,49)50)38-30-40(63-32(38)2)34-6-10-36(11-7-34)61-28-26-59-24-22-57-19-18-55-15-14-53-4/h6-13,30-31H,5,14-29H2,1-4H3. The zero-order chi connectivity index (χ0) is 46.0. The first-order valence-electron chi connectivity index (χ1n) is 20.9. The molecule has 0 bridgehead atoms. The van der Waals surface area contributed by atoms with Gasteiger partial charge in [-0.3, -0.25) is 0 Å². The molecule has 0 N–H and O–H groups in total. The second kappa shape index (κ2) is 25.4. The van der Waals surface area contributed by atoms with Gasteiger partial charge in [-0.05, 0) is 104 Å². The lowest BCUT2D eigenvalue weighted by atomic mass is 9.94. The summed E-state index contributed by atoms with van der Waals surface area (Å²) >= 11 is 2.09. The van der Waals surface area contributed by atoms with Crippen LogP contribution in [0.4, 0.5) is 26.3 Å². The molecule has 0 aliphatic heterocycles. The Labute approximate surface area is 378 Å². The lowest BCUT2D eigenvalue weighted by Gasteiger charge is -2.25. The predicted molar refractivity (Wildman–Crippen MR) is 235 cm³/mol. The maximum Gasteiger partial charge on any atom is 0.380 e. The normalized spacial score (nSPS) is 15.3. The second-order valence-corrected chi connectivity index (χ2v) is 16.8. The van der Waals surface area contributed by atoms with Gasteiger partial charge in [-0.2, -0.15) is 26.3 Å². The number of thiophene rings is 2. The summed E-state index contributed by atoms with van der Waals surface area (Å²) in [5.74, 6) is -15.0. The number of hydrogen-bond donors (Lipinski definition) is 0. The van der Waals surface area contributed by atoms with E-state index in [9.17, 15) is 0 Å². The van der Waals surface area contributed by atoms with Gasteiger partial charge in [0.1, 0.15) is 24.7 Å². The zero-order valence-electron chi connectivity index (χ0n) is 36.5. The van der Waals surface area contributed by atoms with Crippen LogP contribution in [0, 0.1) is 13.8 Å². The van der Waals surface area contributed by atoms with Gasteiger partial charge in [-0.15, -0.1) is 22.7 Å². The first-order valence-corrected chi connectivity index (χ1v) is 22.6. The van der Waals surface area contributed by atoms with E-state index in [1.54, 1.807) is 55.6 Å². The van der Waals surface area contributed by atoms with E-state index in [4.69, 9.17) is 47.4 Å². The smallest absolute Gasteiger partial charge is 0.380 e. The molecular formula is C46H56F6O10S2. The average molecular weight is 947 g/mol. The molecular weight excluding hydrogens is 891 g/mol. The van der Waals surface area contributed by atoms with Crippen molar-refractivity contribution in [3.8, 4) is 32.4 Å². The van der Waals surface area contributed by atoms with Gasteiger partial charge in [0.2, 0.25) is 0 Å². The summed E-state index contributed by atoms with van der Waals surface area (Å²) < 4.78 is 148. The molecule has 64 heavy (non-hydrogen) atoms. The highest BCUT2D eigenvalue weighted by atomic mass is 32.1. The number of hydrogen-bond acceptors (Lipinski definition) is 12. The van der Waals surface area contributed by atoms with Crippen molar-refractivity contribution in [2.24, 2.45) is 0 Å². The Balaban J connectivity index is 1.19. The van der Waals surface area contributed by atoms with Crippen molar-refractivity contribution in [2.75, 3.05) is 119 Å². The van der Waals surface area contributed by atoms with E-state index in [1.807, 2.05) is 6.92 Å². The van der Waals surface area contributed by atoms with Gasteiger partial charge >= 0.3 is 17.8 Å². The minimum absolute atomic E-state index is 0.188. The molecule has 2 aromatic heterocycles. The van der Waals surface area contributed by atoms with Crippen LogP contribution in [0.25, 0.3) is 32.0 Å². The van der Waals surface area contributed by atoms with Crippen molar-refractivity contribution in [3.05, 3.63) is 81.5 Å². The third-order valence-corrected chi connectivity index (χ3v) is 12.0. The Morgan fingerprint density at radius 3 is 1.08 bits per heavy atom. The Kier molecular flexibility index (Phi) is 20.4. The van der Waals surface area contributed by atoms with Gasteiger partial charge in [0.05, 0.1) is 92.5 Å². The number of alkyl halides is 6. The van der Waals surface area contributed by atoms with E-state index < -0.39 is 28.9 Å². The molecule has 0 fully saturated rings. The van der Waals surface area contributed by atoms with Crippen molar-refractivity contribution in [1.82, 2.24) is 0 Å². The highest BCUT2D eigenvalue weighted by Crippen LogP contribution is 2.66. The summed E-state index contributed by atoms with van der Waals surface area (Å²) in [6.07, 6.45) is 0. The minimum Gasteiger partial charge on any atom is -0.491 e. The van der Waals surface area contributed by atoms with Crippen molar-refractivity contribution in [2.45, 2.75) is 38.5 Å². The molecule has 4 aromatic rings. The number of ether oxygens (including phenoxy) is 10. The van der Waals surface area contributed by atoms with Crippen molar-refractivity contribution in [3.63, 3.8) is 0 Å². The Bertz CT molecular complexity index is 2020. The van der Waals surface area contributed by atoms with Crippen LogP contribution in [0.15, 0.2) is 60.7 Å². The summed E-state index contributed by atoms with van der Waals surface area (Å²) in [7, 11) is 1.60. The van der Waals surface area contributed by atoms with Gasteiger partial charge in [-0.25, -0.2) is 0 Å². The highest BCUT2D eigenvalue weighted by molar-refractivity contribution is 7.16. The quantitative estimate of drug-likeness (QED) is 0.0359. The van der Waals surface area contributed by atoms with E-state index in [1.165, 1.54) is 26.0 Å². The van der Waals surface area contributed by atoms with Crippen LogP contribution in [0.5, 0.6) is 11.5 Å². The fourth-order valence-corrected chi connectivity index (χ4v) is 8.60. The van der Waals surface area contributed by atoms with E-state index in [2.05, 4.69) is 0 Å². The zero-order valence-corrected chi connectivity index (χ0v) is 38.1. The number of allylic oxidation sites excluding steroid dienone is 2. The maximum absolute atomic E-state index is 15.9. The Hall–Kier alpha value is -3.56. The topological polar surface area (TPSA) is 92.3 Å². The molecule has 10 nitrogen and oxygen atoms in total. The molecule has 0 saturated carbocycles. The lowest BCUT2D eigenvalue weighted by Crippen LogP contribution is -2.48. The molecule has 0 unspecified atom stereocenters. The van der Waals surface area contributed by atoms with Crippen molar-refractivity contribution >= 4 is 33.8 Å². The van der Waals surface area contributed by atoms with Crippen molar-refractivity contribution in [1.29, 1.82) is 0 Å². The van der Waals surface area contributed by atoms with Crippen LogP contribution in [0.3, 0.4) is 0 Å². The maximum atomic E-state index is 15.9. The first kappa shape index (κ1) is 51.4. The van der Waals surface area contributed by atoms with E-state index in [0.29, 0.717) is 131 Å². The van der Waals surface area contributed by atoms with Gasteiger partial charge in [0, 0.05) is 44.4 Å². The van der Waals surface area contributed by atoms with E-state index >= 15 is 26.3 Å². The molecule has 0 saturated heterocycles. The third kappa shape index (κ3) is 13.5. The largest absolute Gasteiger partial charge is 0.491 e. The molecule has 2 aromatic carbocycles. The summed E-state index contributed by atoms with van der Waals surface area (Å²) in [4.78, 5) is 1.25. The molecule has 0 amide bonds. The first-order chi connectivity index (χ1) is 30.8. The predicted octanol–water partition coefficient (Wildman–Crippen LogP) is 10.1. The molecule has 0 radical (unpaired) electrons. The number of benzene rings is 2. The Morgan fingerprint density at radius 2 is 0.750 bits per heavy atom. The summed E-state index contributed by atoms with van der Waals surface area (Å²) in [6, 6.07) is 16.0. The molecule has 0 atom stereocenters. The van der Waals surface area contributed by atoms with Gasteiger partial charge in [-0.1, -0.05) is 0 Å². The molecule has 354 valence electrons. The van der Waals surface area contributed by atoms with Gasteiger partial charge < -0.3 is 47.4 Å². The van der Waals surface area contributed by atoms with Gasteiger partial charge in [0.15, 0.2) is 0 Å².